The van der Waals surface area contributed by atoms with Crippen LogP contribution in [0.4, 0.5) is 4.39 Å². The van der Waals surface area contributed by atoms with Crippen molar-refractivity contribution in [2.75, 3.05) is 6.54 Å². The van der Waals surface area contributed by atoms with Crippen LogP contribution in [0, 0.1) is 17.7 Å². The topological polar surface area (TPSA) is 29.1 Å². The normalized spacial score (nSPS) is 23.1. The molecule has 1 fully saturated rings. The van der Waals surface area contributed by atoms with Crippen molar-refractivity contribution in [1.29, 1.82) is 0 Å². The van der Waals surface area contributed by atoms with E-state index in [0.717, 1.165) is 18.0 Å². The van der Waals surface area contributed by atoms with Crippen LogP contribution >= 0.6 is 0 Å². The minimum absolute atomic E-state index is 0.00998. The van der Waals surface area contributed by atoms with Crippen molar-refractivity contribution >= 4 is 5.91 Å². The first-order valence-corrected chi connectivity index (χ1v) is 7.14. The Labute approximate surface area is 114 Å². The molecule has 0 heterocycles. The van der Waals surface area contributed by atoms with Gasteiger partial charge in [-0.2, -0.15) is 0 Å². The second-order valence-corrected chi connectivity index (χ2v) is 5.74. The lowest BCUT2D eigenvalue weighted by Gasteiger charge is -2.26. The molecule has 1 amide bonds. The maximum Gasteiger partial charge on any atom is 0.224 e. The molecule has 104 valence electrons. The van der Waals surface area contributed by atoms with Crippen molar-refractivity contribution in [2.45, 2.75) is 39.0 Å². The van der Waals surface area contributed by atoms with E-state index in [2.05, 4.69) is 12.2 Å². The van der Waals surface area contributed by atoms with Crippen LogP contribution in [-0.2, 0) is 11.2 Å². The van der Waals surface area contributed by atoms with Crippen LogP contribution in [0.1, 0.15) is 38.2 Å². The van der Waals surface area contributed by atoms with E-state index in [-0.39, 0.29) is 18.1 Å². The first-order chi connectivity index (χ1) is 9.13. The van der Waals surface area contributed by atoms with Crippen LogP contribution in [-0.4, -0.2) is 12.5 Å². The summed E-state index contributed by atoms with van der Waals surface area (Å²) in [6.45, 7) is 3.06. The van der Waals surface area contributed by atoms with Crippen molar-refractivity contribution in [3.8, 4) is 0 Å². The molecule has 0 bridgehead atoms. The zero-order chi connectivity index (χ0) is 13.7. The zero-order valence-corrected chi connectivity index (χ0v) is 11.5. The van der Waals surface area contributed by atoms with Gasteiger partial charge in [-0.3, -0.25) is 4.79 Å². The van der Waals surface area contributed by atoms with Crippen molar-refractivity contribution in [3.05, 3.63) is 35.6 Å². The summed E-state index contributed by atoms with van der Waals surface area (Å²) < 4.78 is 13.0. The van der Waals surface area contributed by atoms with Gasteiger partial charge in [0.25, 0.3) is 0 Å². The average Bonchev–Trinajstić information content (AvgIpc) is 2.38. The molecule has 1 N–H and O–H groups in total. The summed E-state index contributed by atoms with van der Waals surface area (Å²) in [6, 6.07) is 6.23. The Balaban J connectivity index is 1.73. The summed E-state index contributed by atoms with van der Waals surface area (Å²) in [5, 5.41) is 2.97. The SMILES string of the molecule is CC1CCC(CNC(=O)Cc2cccc(F)c2)CC1. The van der Waals surface area contributed by atoms with Crippen LogP contribution in [0.5, 0.6) is 0 Å². The molecule has 0 radical (unpaired) electrons. The standard InChI is InChI=1S/C16H22FNO/c1-12-5-7-13(8-6-12)11-18-16(19)10-14-3-2-4-15(17)9-14/h2-4,9,12-13H,5-8,10-11H2,1H3,(H,18,19). The predicted molar refractivity (Wildman–Crippen MR) is 74.2 cm³/mol. The molecule has 0 unspecified atom stereocenters. The van der Waals surface area contributed by atoms with Crippen LogP contribution in [0.25, 0.3) is 0 Å². The van der Waals surface area contributed by atoms with Gasteiger partial charge in [-0.1, -0.05) is 31.9 Å². The molecule has 1 saturated carbocycles. The zero-order valence-electron chi connectivity index (χ0n) is 11.5. The summed E-state index contributed by atoms with van der Waals surface area (Å²) in [5.41, 5.74) is 0.731. The smallest absolute Gasteiger partial charge is 0.224 e. The van der Waals surface area contributed by atoms with Gasteiger partial charge in [0, 0.05) is 6.54 Å². The van der Waals surface area contributed by atoms with Gasteiger partial charge < -0.3 is 5.32 Å². The van der Waals surface area contributed by atoms with Gasteiger partial charge in [-0.25, -0.2) is 4.39 Å². The Bertz CT molecular complexity index is 425. The minimum atomic E-state index is -0.286. The molecule has 19 heavy (non-hydrogen) atoms. The third kappa shape index (κ3) is 4.66. The second kappa shape index (κ2) is 6.69. The molecule has 1 aliphatic rings. The molecule has 1 aromatic rings. The summed E-state index contributed by atoms with van der Waals surface area (Å²) >= 11 is 0. The molecule has 0 atom stereocenters. The maximum absolute atomic E-state index is 13.0. The van der Waals surface area contributed by atoms with Crippen LogP contribution < -0.4 is 5.32 Å². The third-order valence-electron chi connectivity index (χ3n) is 3.98. The first-order valence-electron chi connectivity index (χ1n) is 7.14. The number of carbonyl (C=O) groups is 1. The monoisotopic (exact) mass is 263 g/mol. The number of hydrogen-bond acceptors (Lipinski definition) is 1. The molecule has 0 saturated heterocycles. The predicted octanol–water partition coefficient (Wildman–Crippen LogP) is 3.31. The summed E-state index contributed by atoms with van der Waals surface area (Å²) in [6.07, 6.45) is 5.22. The molecule has 3 heteroatoms. The number of hydrogen-bond donors (Lipinski definition) is 1. The number of rotatable bonds is 4. The lowest BCUT2D eigenvalue weighted by molar-refractivity contribution is -0.120. The quantitative estimate of drug-likeness (QED) is 0.887. The Hall–Kier alpha value is -1.38. The van der Waals surface area contributed by atoms with E-state index in [1.54, 1.807) is 12.1 Å². The highest BCUT2D eigenvalue weighted by Crippen LogP contribution is 2.27. The second-order valence-electron chi connectivity index (χ2n) is 5.74. The van der Waals surface area contributed by atoms with E-state index >= 15 is 0 Å². The molecule has 1 aromatic carbocycles. The highest BCUT2D eigenvalue weighted by atomic mass is 19.1. The van der Waals surface area contributed by atoms with E-state index in [4.69, 9.17) is 0 Å². The van der Waals surface area contributed by atoms with Gasteiger partial charge in [-0.05, 0) is 42.4 Å². The molecule has 2 rings (SSSR count). The Morgan fingerprint density at radius 3 is 2.74 bits per heavy atom. The molecule has 0 spiro atoms. The molecule has 0 aromatic heterocycles. The van der Waals surface area contributed by atoms with Gasteiger partial charge in [0.1, 0.15) is 5.82 Å². The number of amides is 1. The fraction of sp³-hybridized carbons (Fsp3) is 0.562. The fourth-order valence-electron chi connectivity index (χ4n) is 2.69. The largest absolute Gasteiger partial charge is 0.356 e. The van der Waals surface area contributed by atoms with Crippen molar-refractivity contribution in [1.82, 2.24) is 5.32 Å². The highest BCUT2D eigenvalue weighted by Gasteiger charge is 2.18. The fourth-order valence-corrected chi connectivity index (χ4v) is 2.69. The molecular formula is C16H22FNO. The Morgan fingerprint density at radius 2 is 2.05 bits per heavy atom. The molecule has 0 aliphatic heterocycles. The summed E-state index contributed by atoms with van der Waals surface area (Å²) in [5.74, 6) is 1.16. The molecular weight excluding hydrogens is 241 g/mol. The lowest BCUT2D eigenvalue weighted by atomic mass is 9.83. The Kier molecular flexibility index (Phi) is 4.94. The molecule has 2 nitrogen and oxygen atoms in total. The van der Waals surface area contributed by atoms with E-state index < -0.39 is 0 Å². The number of carbonyl (C=O) groups excluding carboxylic acids is 1. The maximum atomic E-state index is 13.0. The minimum Gasteiger partial charge on any atom is -0.356 e. The number of nitrogens with one attached hydrogen (secondary N) is 1. The lowest BCUT2D eigenvalue weighted by Crippen LogP contribution is -2.32. The van der Waals surface area contributed by atoms with Crippen molar-refractivity contribution < 1.29 is 9.18 Å². The summed E-state index contributed by atoms with van der Waals surface area (Å²) in [7, 11) is 0. The third-order valence-corrected chi connectivity index (χ3v) is 3.98. The summed E-state index contributed by atoms with van der Waals surface area (Å²) in [4.78, 5) is 11.8. The van der Waals surface area contributed by atoms with Gasteiger partial charge >= 0.3 is 0 Å². The first kappa shape index (κ1) is 14.0. The number of benzene rings is 1. The van der Waals surface area contributed by atoms with Crippen molar-refractivity contribution in [3.63, 3.8) is 0 Å². The number of halogens is 1. The highest BCUT2D eigenvalue weighted by molar-refractivity contribution is 5.78. The molecule has 1 aliphatic carbocycles. The van der Waals surface area contributed by atoms with Gasteiger partial charge in [0.05, 0.1) is 6.42 Å². The van der Waals surface area contributed by atoms with E-state index in [0.29, 0.717) is 5.92 Å². The van der Waals surface area contributed by atoms with E-state index in [9.17, 15) is 9.18 Å². The van der Waals surface area contributed by atoms with Crippen molar-refractivity contribution in [2.24, 2.45) is 11.8 Å². The van der Waals surface area contributed by atoms with Gasteiger partial charge in [-0.15, -0.1) is 0 Å². The Morgan fingerprint density at radius 1 is 1.32 bits per heavy atom. The average molecular weight is 263 g/mol. The van der Waals surface area contributed by atoms with Crippen LogP contribution in [0.2, 0.25) is 0 Å². The van der Waals surface area contributed by atoms with E-state index in [1.807, 2.05) is 0 Å². The van der Waals surface area contributed by atoms with Crippen LogP contribution in [0.3, 0.4) is 0 Å². The van der Waals surface area contributed by atoms with Gasteiger partial charge in [0.15, 0.2) is 0 Å². The van der Waals surface area contributed by atoms with E-state index in [1.165, 1.54) is 37.8 Å². The van der Waals surface area contributed by atoms with Crippen LogP contribution in [0.15, 0.2) is 24.3 Å². The van der Waals surface area contributed by atoms with Gasteiger partial charge in [0.2, 0.25) is 5.91 Å².